The van der Waals surface area contributed by atoms with Crippen molar-refractivity contribution in [3.63, 3.8) is 0 Å². The van der Waals surface area contributed by atoms with Crippen LogP contribution < -0.4 is 4.90 Å². The summed E-state index contributed by atoms with van der Waals surface area (Å²) in [6.45, 7) is 6.44. The van der Waals surface area contributed by atoms with Gasteiger partial charge in [-0.1, -0.05) is 23.7 Å². The molecular weight excluding hydrogens is 460 g/mol. The zero-order valence-electron chi connectivity index (χ0n) is 19.0. The second-order valence-electron chi connectivity index (χ2n) is 8.50. The largest absolute Gasteiger partial charge is 0.464 e. The van der Waals surface area contributed by atoms with Gasteiger partial charge in [0.15, 0.2) is 9.84 Å². The smallest absolute Gasteiger partial charge is 0.227 e. The van der Waals surface area contributed by atoms with Crippen LogP contribution in [-0.2, 0) is 27.6 Å². The maximum Gasteiger partial charge on any atom is 0.227 e. The van der Waals surface area contributed by atoms with E-state index in [1.807, 2.05) is 12.1 Å². The molecule has 2 aromatic carbocycles. The Balaban J connectivity index is 1.58. The molecule has 3 aromatic rings. The number of hydrogen-bond acceptors (Lipinski definition) is 5. The number of amides is 1. The van der Waals surface area contributed by atoms with Gasteiger partial charge in [0.1, 0.15) is 5.58 Å². The maximum absolute atomic E-state index is 13.5. The molecule has 0 N–H and O–H groups in total. The van der Waals surface area contributed by atoms with E-state index in [1.165, 1.54) is 0 Å². The predicted molar refractivity (Wildman–Crippen MR) is 133 cm³/mol. The highest BCUT2D eigenvalue weighted by Crippen LogP contribution is 2.27. The molecule has 1 aliphatic heterocycles. The molecule has 1 aromatic heterocycles. The van der Waals surface area contributed by atoms with Crippen LogP contribution >= 0.6 is 11.6 Å². The van der Waals surface area contributed by atoms with Gasteiger partial charge in [-0.05, 0) is 56.2 Å². The standard InChI is InChI=1S/C25H29ClN2O4S/c1-3-27(4-2)21-8-5-18(6-9-21)15-28(22-11-12-33(30,31)17-22)25(29)13-19-16-32-24-10-7-20(26)14-23(19)24/h5-10,14,16,22H,3-4,11-13,15,17H2,1-2H3. The molecule has 0 saturated carbocycles. The minimum Gasteiger partial charge on any atom is -0.464 e. The van der Waals surface area contributed by atoms with Crippen molar-refractivity contribution in [1.82, 2.24) is 4.90 Å². The first-order chi connectivity index (χ1) is 15.8. The second-order valence-corrected chi connectivity index (χ2v) is 11.2. The van der Waals surface area contributed by atoms with Gasteiger partial charge in [-0.15, -0.1) is 0 Å². The summed E-state index contributed by atoms with van der Waals surface area (Å²) in [5, 5.41) is 1.38. The Morgan fingerprint density at radius 3 is 2.48 bits per heavy atom. The highest BCUT2D eigenvalue weighted by molar-refractivity contribution is 7.91. The fraction of sp³-hybridized carbons (Fsp3) is 0.400. The minimum atomic E-state index is -3.13. The first-order valence-electron chi connectivity index (χ1n) is 11.3. The van der Waals surface area contributed by atoms with Crippen LogP contribution in [0.25, 0.3) is 11.0 Å². The number of fused-ring (bicyclic) bond motifs is 1. The molecule has 1 saturated heterocycles. The summed E-state index contributed by atoms with van der Waals surface area (Å²) in [5.74, 6) is 0.00785. The lowest BCUT2D eigenvalue weighted by Gasteiger charge is -2.29. The van der Waals surface area contributed by atoms with E-state index in [2.05, 4.69) is 30.9 Å². The molecule has 176 valence electrons. The SMILES string of the molecule is CCN(CC)c1ccc(CN(C(=O)Cc2coc3ccc(Cl)cc23)C2CCS(=O)(=O)C2)cc1. The van der Waals surface area contributed by atoms with Crippen LogP contribution in [0.1, 0.15) is 31.4 Å². The number of anilines is 1. The van der Waals surface area contributed by atoms with Crippen LogP contribution in [0.4, 0.5) is 5.69 Å². The van der Waals surface area contributed by atoms with Gasteiger partial charge in [0.25, 0.3) is 0 Å². The third-order valence-electron chi connectivity index (χ3n) is 6.34. The van der Waals surface area contributed by atoms with Crippen molar-refractivity contribution in [2.75, 3.05) is 29.5 Å². The van der Waals surface area contributed by atoms with Crippen molar-refractivity contribution < 1.29 is 17.6 Å². The second kappa shape index (κ2) is 9.77. The Kier molecular flexibility index (Phi) is 7.00. The van der Waals surface area contributed by atoms with Gasteiger partial charge < -0.3 is 14.2 Å². The lowest BCUT2D eigenvalue weighted by atomic mass is 10.1. The summed E-state index contributed by atoms with van der Waals surface area (Å²) < 4.78 is 29.9. The zero-order chi connectivity index (χ0) is 23.6. The number of hydrogen-bond donors (Lipinski definition) is 0. The molecule has 2 heterocycles. The number of rotatable bonds is 8. The van der Waals surface area contributed by atoms with Crippen LogP contribution in [-0.4, -0.2) is 49.9 Å². The molecule has 0 radical (unpaired) electrons. The van der Waals surface area contributed by atoms with E-state index in [0.717, 1.165) is 35.3 Å². The number of nitrogens with zero attached hydrogens (tertiary/aromatic N) is 2. The molecule has 1 aliphatic rings. The van der Waals surface area contributed by atoms with Crippen molar-refractivity contribution >= 4 is 44.0 Å². The number of benzene rings is 2. The summed E-state index contributed by atoms with van der Waals surface area (Å²) in [6, 6.07) is 13.1. The highest BCUT2D eigenvalue weighted by Gasteiger charge is 2.35. The summed E-state index contributed by atoms with van der Waals surface area (Å²) in [7, 11) is -3.13. The Hall–Kier alpha value is -2.51. The third-order valence-corrected chi connectivity index (χ3v) is 8.33. The number of halogens is 1. The summed E-state index contributed by atoms with van der Waals surface area (Å²) in [4.78, 5) is 17.4. The number of carbonyl (C=O) groups excluding carboxylic acids is 1. The Morgan fingerprint density at radius 2 is 1.85 bits per heavy atom. The van der Waals surface area contributed by atoms with Crippen molar-refractivity contribution in [3.05, 3.63) is 64.9 Å². The highest BCUT2D eigenvalue weighted by atomic mass is 35.5. The minimum absolute atomic E-state index is 0.00817. The molecule has 1 unspecified atom stereocenters. The van der Waals surface area contributed by atoms with Gasteiger partial charge in [0.05, 0.1) is 24.2 Å². The lowest BCUT2D eigenvalue weighted by molar-refractivity contribution is -0.133. The maximum atomic E-state index is 13.5. The summed E-state index contributed by atoms with van der Waals surface area (Å²) in [5.41, 5.74) is 3.53. The topological polar surface area (TPSA) is 70.8 Å². The summed E-state index contributed by atoms with van der Waals surface area (Å²) >= 11 is 6.14. The van der Waals surface area contributed by atoms with E-state index in [9.17, 15) is 13.2 Å². The third kappa shape index (κ3) is 5.36. The predicted octanol–water partition coefficient (Wildman–Crippen LogP) is 4.69. The Labute approximate surface area is 200 Å². The molecular formula is C25H29ClN2O4S. The van der Waals surface area contributed by atoms with Gasteiger partial charge in [-0.3, -0.25) is 4.79 Å². The van der Waals surface area contributed by atoms with Crippen LogP contribution in [0.15, 0.2) is 53.1 Å². The molecule has 0 aliphatic carbocycles. The van der Waals surface area contributed by atoms with Gasteiger partial charge >= 0.3 is 0 Å². The van der Waals surface area contributed by atoms with E-state index < -0.39 is 9.84 Å². The molecule has 6 nitrogen and oxygen atoms in total. The average Bonchev–Trinajstić information content (AvgIpc) is 3.36. The van der Waals surface area contributed by atoms with Gasteiger partial charge in [0, 0.05) is 47.3 Å². The first kappa shape index (κ1) is 23.6. The molecule has 0 bridgehead atoms. The Bertz CT molecular complexity index is 1230. The van der Waals surface area contributed by atoms with Gasteiger partial charge in [-0.2, -0.15) is 0 Å². The normalized spacial score (nSPS) is 17.4. The monoisotopic (exact) mass is 488 g/mol. The fourth-order valence-electron chi connectivity index (χ4n) is 4.50. The van der Waals surface area contributed by atoms with E-state index in [0.29, 0.717) is 23.6 Å². The summed E-state index contributed by atoms with van der Waals surface area (Å²) in [6.07, 6.45) is 2.17. The average molecular weight is 489 g/mol. The molecule has 1 amide bonds. The number of carbonyl (C=O) groups is 1. The van der Waals surface area contributed by atoms with E-state index >= 15 is 0 Å². The Morgan fingerprint density at radius 1 is 1.12 bits per heavy atom. The van der Waals surface area contributed by atoms with Crippen molar-refractivity contribution in [2.24, 2.45) is 0 Å². The van der Waals surface area contributed by atoms with E-state index in [1.54, 1.807) is 29.4 Å². The molecule has 1 atom stereocenters. The lowest BCUT2D eigenvalue weighted by Crippen LogP contribution is -2.41. The molecule has 8 heteroatoms. The number of furan rings is 1. The van der Waals surface area contributed by atoms with Crippen LogP contribution in [0.3, 0.4) is 0 Å². The van der Waals surface area contributed by atoms with Gasteiger partial charge in [0.2, 0.25) is 5.91 Å². The van der Waals surface area contributed by atoms with E-state index in [4.69, 9.17) is 16.0 Å². The fourth-order valence-corrected chi connectivity index (χ4v) is 6.40. The molecule has 1 fully saturated rings. The van der Waals surface area contributed by atoms with Gasteiger partial charge in [-0.25, -0.2) is 8.42 Å². The van der Waals surface area contributed by atoms with Crippen LogP contribution in [0.5, 0.6) is 0 Å². The zero-order valence-corrected chi connectivity index (χ0v) is 20.5. The van der Waals surface area contributed by atoms with E-state index in [-0.39, 0.29) is 29.9 Å². The van der Waals surface area contributed by atoms with Crippen molar-refractivity contribution in [3.8, 4) is 0 Å². The van der Waals surface area contributed by atoms with Crippen LogP contribution in [0, 0.1) is 0 Å². The molecule has 33 heavy (non-hydrogen) atoms. The molecule has 4 rings (SSSR count). The number of sulfone groups is 1. The molecule has 0 spiro atoms. The first-order valence-corrected chi connectivity index (χ1v) is 13.5. The van der Waals surface area contributed by atoms with Crippen molar-refractivity contribution in [2.45, 2.75) is 39.3 Å². The van der Waals surface area contributed by atoms with Crippen LogP contribution in [0.2, 0.25) is 5.02 Å². The van der Waals surface area contributed by atoms with Crippen molar-refractivity contribution in [1.29, 1.82) is 0 Å². The quantitative estimate of drug-likeness (QED) is 0.460.